The molecule has 2 aliphatic rings. The summed E-state index contributed by atoms with van der Waals surface area (Å²) >= 11 is 0. The largest absolute Gasteiger partial charge is 0.486 e. The van der Waals surface area contributed by atoms with Crippen molar-refractivity contribution in [2.24, 2.45) is 5.92 Å². The molecule has 0 aromatic heterocycles. The van der Waals surface area contributed by atoms with Crippen molar-refractivity contribution < 1.29 is 27.5 Å². The van der Waals surface area contributed by atoms with Gasteiger partial charge in [-0.1, -0.05) is 13.0 Å². The molecule has 0 aliphatic carbocycles. The molecule has 2 heterocycles. The van der Waals surface area contributed by atoms with Crippen molar-refractivity contribution in [1.29, 1.82) is 0 Å². The lowest BCUT2D eigenvalue weighted by molar-refractivity contribution is 0.0939. The van der Waals surface area contributed by atoms with Crippen LogP contribution in [0.2, 0.25) is 0 Å². The summed E-state index contributed by atoms with van der Waals surface area (Å²) in [6.07, 6.45) is 2.81. The van der Waals surface area contributed by atoms with Gasteiger partial charge in [0.05, 0.1) is 5.56 Å². The number of nitrogens with zero attached hydrogens (tertiary/aromatic N) is 1. The molecule has 3 amide bonds. The van der Waals surface area contributed by atoms with Gasteiger partial charge in [0, 0.05) is 26.2 Å². The van der Waals surface area contributed by atoms with Gasteiger partial charge >= 0.3 is 16.2 Å². The Kier molecular flexibility index (Phi) is 7.97. The lowest BCUT2D eigenvalue weighted by Gasteiger charge is -2.31. The lowest BCUT2D eigenvalue weighted by atomic mass is 9.94. The van der Waals surface area contributed by atoms with Crippen molar-refractivity contribution in [3.8, 4) is 11.5 Å². The number of ether oxygens (including phenoxy) is 2. The number of benzene rings is 1. The van der Waals surface area contributed by atoms with Crippen LogP contribution in [0.15, 0.2) is 18.2 Å². The average molecular weight is 455 g/mol. The van der Waals surface area contributed by atoms with Crippen LogP contribution in [-0.2, 0) is 10.2 Å². The first-order chi connectivity index (χ1) is 14.9. The van der Waals surface area contributed by atoms with E-state index in [4.69, 9.17) is 9.47 Å². The van der Waals surface area contributed by atoms with E-state index in [1.807, 2.05) is 11.6 Å². The number of carbonyl (C=O) groups is 2. The number of rotatable bonds is 8. The van der Waals surface area contributed by atoms with Crippen LogP contribution in [-0.4, -0.2) is 64.1 Å². The van der Waals surface area contributed by atoms with Crippen LogP contribution < -0.4 is 24.8 Å². The minimum atomic E-state index is -3.84. The van der Waals surface area contributed by atoms with Gasteiger partial charge in [-0.3, -0.25) is 4.79 Å². The molecule has 0 unspecified atom stereocenters. The van der Waals surface area contributed by atoms with E-state index < -0.39 is 16.2 Å². The quantitative estimate of drug-likeness (QED) is 0.543. The number of carbonyl (C=O) groups excluding carboxylic acids is 2. The summed E-state index contributed by atoms with van der Waals surface area (Å²) in [5, 5.41) is 5.41. The number of piperidine rings is 1. The van der Waals surface area contributed by atoms with Gasteiger partial charge in [-0.2, -0.15) is 12.7 Å². The Morgan fingerprint density at radius 3 is 2.58 bits per heavy atom. The number of urea groups is 1. The van der Waals surface area contributed by atoms with Crippen molar-refractivity contribution in [3.05, 3.63) is 23.8 Å². The topological polar surface area (TPSA) is 126 Å². The van der Waals surface area contributed by atoms with Gasteiger partial charge in [0.25, 0.3) is 5.91 Å². The summed E-state index contributed by atoms with van der Waals surface area (Å²) in [5.74, 6) is 1.12. The van der Waals surface area contributed by atoms with Gasteiger partial charge in [0.2, 0.25) is 0 Å². The summed E-state index contributed by atoms with van der Waals surface area (Å²) in [6.45, 7) is 4.34. The summed E-state index contributed by atoms with van der Waals surface area (Å²) in [4.78, 5) is 24.2. The maximum Gasteiger partial charge on any atom is 0.329 e. The molecule has 2 aliphatic heterocycles. The minimum absolute atomic E-state index is 0.218. The Hall–Kier alpha value is -2.53. The molecule has 3 N–H and O–H groups in total. The number of amides is 3. The number of nitrogens with one attached hydrogen (secondary N) is 3. The van der Waals surface area contributed by atoms with Crippen molar-refractivity contribution in [1.82, 2.24) is 19.7 Å². The summed E-state index contributed by atoms with van der Waals surface area (Å²) in [6, 6.07) is 4.53. The van der Waals surface area contributed by atoms with Crippen LogP contribution in [0, 0.1) is 5.92 Å². The average Bonchev–Trinajstić information content (AvgIpc) is 2.77. The summed E-state index contributed by atoms with van der Waals surface area (Å²) in [5.41, 5.74) is 0.450. The van der Waals surface area contributed by atoms with E-state index in [-0.39, 0.29) is 5.91 Å². The Morgan fingerprint density at radius 2 is 1.84 bits per heavy atom. The monoisotopic (exact) mass is 454 g/mol. The van der Waals surface area contributed by atoms with E-state index in [2.05, 4.69) is 10.6 Å². The highest BCUT2D eigenvalue weighted by molar-refractivity contribution is 7.87. The summed E-state index contributed by atoms with van der Waals surface area (Å²) < 4.78 is 39.1. The molecular formula is C20H30N4O6S. The van der Waals surface area contributed by atoms with Gasteiger partial charge in [0.1, 0.15) is 13.2 Å². The lowest BCUT2D eigenvalue weighted by Crippen LogP contribution is -2.49. The number of fused-ring (bicyclic) bond motifs is 1. The molecule has 1 saturated heterocycles. The van der Waals surface area contributed by atoms with E-state index >= 15 is 0 Å². The fourth-order valence-corrected chi connectivity index (χ4v) is 4.76. The predicted molar refractivity (Wildman–Crippen MR) is 114 cm³/mol. The predicted octanol–water partition coefficient (Wildman–Crippen LogP) is 1.24. The van der Waals surface area contributed by atoms with Crippen molar-refractivity contribution in [2.45, 2.75) is 32.6 Å². The highest BCUT2D eigenvalue weighted by atomic mass is 32.2. The van der Waals surface area contributed by atoms with E-state index in [0.29, 0.717) is 75.2 Å². The standard InChI is InChI=1S/C20H30N4O6S/c1-2-9-22-20(26)23-31(27,28)24-11-7-15(8-12-24)6-10-21-19(25)16-4-3-5-17-18(16)30-14-13-29-17/h3-5,15H,2,6-14H2,1H3,(H,21,25)(H2,22,23,26). The maximum atomic E-state index is 12.5. The third-order valence-corrected chi connectivity index (χ3v) is 6.81. The molecule has 11 heteroatoms. The molecule has 1 fully saturated rings. The first kappa shape index (κ1) is 23.1. The first-order valence-corrected chi connectivity index (χ1v) is 12.1. The fourth-order valence-electron chi connectivity index (χ4n) is 3.63. The van der Waals surface area contributed by atoms with Crippen molar-refractivity contribution in [2.75, 3.05) is 39.4 Å². The Balaban J connectivity index is 1.42. The van der Waals surface area contributed by atoms with Crippen LogP contribution >= 0.6 is 0 Å². The van der Waals surface area contributed by atoms with Crippen LogP contribution in [0.3, 0.4) is 0 Å². The van der Waals surface area contributed by atoms with Gasteiger partial charge in [0.15, 0.2) is 11.5 Å². The minimum Gasteiger partial charge on any atom is -0.486 e. The number of para-hydroxylation sites is 1. The zero-order valence-electron chi connectivity index (χ0n) is 17.7. The molecule has 0 saturated carbocycles. The van der Waals surface area contributed by atoms with Crippen LogP contribution in [0.5, 0.6) is 11.5 Å². The molecular weight excluding hydrogens is 424 g/mol. The molecule has 0 radical (unpaired) electrons. The van der Waals surface area contributed by atoms with Gasteiger partial charge in [-0.25, -0.2) is 9.52 Å². The molecule has 172 valence electrons. The van der Waals surface area contributed by atoms with Crippen LogP contribution in [0.4, 0.5) is 4.79 Å². The summed E-state index contributed by atoms with van der Waals surface area (Å²) in [7, 11) is -3.84. The molecule has 1 aromatic carbocycles. The second-order valence-electron chi connectivity index (χ2n) is 7.58. The molecule has 1 aromatic rings. The zero-order chi connectivity index (χ0) is 22.3. The fraction of sp³-hybridized carbons (Fsp3) is 0.600. The number of hydrogen-bond acceptors (Lipinski definition) is 6. The smallest absolute Gasteiger partial charge is 0.329 e. The van der Waals surface area contributed by atoms with E-state index in [1.165, 1.54) is 4.31 Å². The first-order valence-electron chi connectivity index (χ1n) is 10.6. The molecule has 0 atom stereocenters. The third-order valence-electron chi connectivity index (χ3n) is 5.32. The third kappa shape index (κ3) is 6.23. The second kappa shape index (κ2) is 10.7. The molecule has 0 spiro atoms. The van der Waals surface area contributed by atoms with Crippen LogP contribution in [0.1, 0.15) is 43.0 Å². The molecule has 10 nitrogen and oxygen atoms in total. The maximum absolute atomic E-state index is 12.5. The molecule has 3 rings (SSSR count). The van der Waals surface area contributed by atoms with E-state index in [9.17, 15) is 18.0 Å². The van der Waals surface area contributed by atoms with E-state index in [1.54, 1.807) is 18.2 Å². The Morgan fingerprint density at radius 1 is 1.10 bits per heavy atom. The molecule has 0 bridgehead atoms. The van der Waals surface area contributed by atoms with Gasteiger partial charge in [-0.15, -0.1) is 0 Å². The zero-order valence-corrected chi connectivity index (χ0v) is 18.5. The SMILES string of the molecule is CCCNC(=O)NS(=O)(=O)N1CCC(CCNC(=O)c2cccc3c2OCCO3)CC1. The number of hydrogen-bond donors (Lipinski definition) is 3. The highest BCUT2D eigenvalue weighted by Crippen LogP contribution is 2.33. The van der Waals surface area contributed by atoms with Crippen molar-refractivity contribution >= 4 is 22.1 Å². The van der Waals surface area contributed by atoms with E-state index in [0.717, 1.165) is 12.8 Å². The van der Waals surface area contributed by atoms with Crippen molar-refractivity contribution in [3.63, 3.8) is 0 Å². The Labute approximate surface area is 182 Å². The Bertz CT molecular complexity index is 884. The second-order valence-corrected chi connectivity index (χ2v) is 9.25. The van der Waals surface area contributed by atoms with Gasteiger partial charge < -0.3 is 20.1 Å². The molecule has 31 heavy (non-hydrogen) atoms. The van der Waals surface area contributed by atoms with Gasteiger partial charge in [-0.05, 0) is 43.7 Å². The highest BCUT2D eigenvalue weighted by Gasteiger charge is 2.29. The normalized spacial score (nSPS) is 17.1. The van der Waals surface area contributed by atoms with Crippen LogP contribution in [0.25, 0.3) is 0 Å².